The Bertz CT molecular complexity index is 997. The third-order valence-corrected chi connectivity index (χ3v) is 6.10. The predicted octanol–water partition coefficient (Wildman–Crippen LogP) is 3.67. The van der Waals surface area contributed by atoms with E-state index in [1.165, 1.54) is 17.4 Å². The van der Waals surface area contributed by atoms with Crippen LogP contribution in [0, 0.1) is 6.92 Å². The molecule has 2 aromatic carbocycles. The lowest BCUT2D eigenvalue weighted by atomic mass is 10.2. The maximum atomic E-state index is 12.9. The number of piperazine rings is 1. The molecule has 0 aliphatic carbocycles. The van der Waals surface area contributed by atoms with Crippen LogP contribution in [0.5, 0.6) is 0 Å². The number of benzene rings is 2. The highest BCUT2D eigenvalue weighted by Gasteiger charge is 2.16. The molecule has 1 N–H and O–H groups in total. The minimum Gasteiger partial charge on any atom is -0.369 e. The highest BCUT2D eigenvalue weighted by Crippen LogP contribution is 2.27. The summed E-state index contributed by atoms with van der Waals surface area (Å²) in [6.45, 7) is 5.96. The van der Waals surface area contributed by atoms with Crippen molar-refractivity contribution in [1.29, 1.82) is 0 Å². The van der Waals surface area contributed by atoms with Crippen molar-refractivity contribution in [3.05, 3.63) is 65.8 Å². The van der Waals surface area contributed by atoms with Crippen LogP contribution < -0.4 is 10.2 Å². The van der Waals surface area contributed by atoms with E-state index in [-0.39, 0.29) is 5.91 Å². The van der Waals surface area contributed by atoms with Crippen molar-refractivity contribution in [2.24, 2.45) is 0 Å². The number of anilines is 2. The van der Waals surface area contributed by atoms with Gasteiger partial charge in [0.05, 0.1) is 11.3 Å². The largest absolute Gasteiger partial charge is 0.369 e. The molecule has 30 heavy (non-hydrogen) atoms. The van der Waals surface area contributed by atoms with Crippen molar-refractivity contribution in [3.8, 4) is 0 Å². The zero-order valence-electron chi connectivity index (χ0n) is 17.2. The summed E-state index contributed by atoms with van der Waals surface area (Å²) in [4.78, 5) is 22.7. The van der Waals surface area contributed by atoms with E-state index in [1.54, 1.807) is 6.92 Å². The van der Waals surface area contributed by atoms with E-state index >= 15 is 0 Å². The van der Waals surface area contributed by atoms with E-state index in [2.05, 4.69) is 44.4 Å². The lowest BCUT2D eigenvalue weighted by Gasteiger charge is -2.34. The van der Waals surface area contributed by atoms with E-state index in [1.807, 2.05) is 36.4 Å². The fourth-order valence-corrected chi connectivity index (χ4v) is 4.22. The number of likely N-dealkylation sites (N-methyl/N-ethyl adjacent to an activating group) is 1. The maximum Gasteiger partial charge on any atom is 0.256 e. The average molecular weight is 424 g/mol. The number of amides is 1. The number of carbonyl (C=O) groups excluding carboxylic acids is 1. The summed E-state index contributed by atoms with van der Waals surface area (Å²) in [5.74, 6) is 1.54. The topological polar surface area (TPSA) is 74.5 Å². The van der Waals surface area contributed by atoms with Crippen molar-refractivity contribution < 1.29 is 9.32 Å². The Morgan fingerprint density at radius 2 is 1.83 bits per heavy atom. The fraction of sp³-hybridized carbons (Fsp3) is 0.318. The van der Waals surface area contributed by atoms with Crippen LogP contribution in [-0.2, 0) is 5.75 Å². The Morgan fingerprint density at radius 3 is 2.53 bits per heavy atom. The summed E-state index contributed by atoms with van der Waals surface area (Å²) >= 11 is 1.51. The van der Waals surface area contributed by atoms with E-state index in [9.17, 15) is 4.79 Å². The van der Waals surface area contributed by atoms with Gasteiger partial charge in [0, 0.05) is 42.4 Å². The monoisotopic (exact) mass is 423 g/mol. The number of aryl methyl sites for hydroxylation is 1. The second-order valence-electron chi connectivity index (χ2n) is 7.31. The van der Waals surface area contributed by atoms with Gasteiger partial charge in [-0.1, -0.05) is 17.3 Å². The molecule has 0 spiro atoms. The van der Waals surface area contributed by atoms with Gasteiger partial charge in [-0.2, -0.15) is 4.98 Å². The SMILES string of the molecule is Cc1noc(CSc2ccccc2C(=O)Nc2ccc(N3CCN(C)CC3)cc2)n1. The molecule has 3 aromatic rings. The van der Waals surface area contributed by atoms with Crippen molar-refractivity contribution in [2.45, 2.75) is 17.6 Å². The van der Waals surface area contributed by atoms with Crippen molar-refractivity contribution in [3.63, 3.8) is 0 Å². The van der Waals surface area contributed by atoms with Gasteiger partial charge in [-0.25, -0.2) is 0 Å². The summed E-state index contributed by atoms with van der Waals surface area (Å²) in [6.07, 6.45) is 0. The molecule has 0 atom stereocenters. The number of carbonyl (C=O) groups is 1. The first-order chi connectivity index (χ1) is 14.6. The smallest absolute Gasteiger partial charge is 0.256 e. The Hall–Kier alpha value is -2.84. The molecule has 0 bridgehead atoms. The number of nitrogens with one attached hydrogen (secondary N) is 1. The van der Waals surface area contributed by atoms with Gasteiger partial charge in [-0.05, 0) is 50.4 Å². The standard InChI is InChI=1S/C22H25N5O2S/c1-16-23-21(29-25-16)15-30-20-6-4-3-5-19(20)22(28)24-17-7-9-18(10-8-17)27-13-11-26(2)12-14-27/h3-10H,11-15H2,1-2H3,(H,24,28). The average Bonchev–Trinajstić information content (AvgIpc) is 3.19. The third-order valence-electron chi connectivity index (χ3n) is 5.05. The quantitative estimate of drug-likeness (QED) is 0.606. The highest BCUT2D eigenvalue weighted by atomic mass is 32.2. The predicted molar refractivity (Wildman–Crippen MR) is 119 cm³/mol. The molecule has 1 aliphatic rings. The molecule has 156 valence electrons. The van der Waals surface area contributed by atoms with Crippen LogP contribution in [-0.4, -0.2) is 54.2 Å². The van der Waals surface area contributed by atoms with Crippen LogP contribution >= 0.6 is 11.8 Å². The van der Waals surface area contributed by atoms with E-state index in [0.29, 0.717) is 23.0 Å². The summed E-state index contributed by atoms with van der Waals surface area (Å²) < 4.78 is 5.16. The second kappa shape index (κ2) is 9.32. The van der Waals surface area contributed by atoms with Gasteiger partial charge < -0.3 is 19.6 Å². The van der Waals surface area contributed by atoms with Crippen LogP contribution in [0.4, 0.5) is 11.4 Å². The first-order valence-electron chi connectivity index (χ1n) is 9.94. The molecule has 4 rings (SSSR count). The normalized spacial score (nSPS) is 14.7. The van der Waals surface area contributed by atoms with Crippen LogP contribution in [0.3, 0.4) is 0 Å². The summed E-state index contributed by atoms with van der Waals surface area (Å²) in [6, 6.07) is 15.6. The van der Waals surface area contributed by atoms with Crippen LogP contribution in [0.15, 0.2) is 57.9 Å². The van der Waals surface area contributed by atoms with Crippen LogP contribution in [0.2, 0.25) is 0 Å². The van der Waals surface area contributed by atoms with E-state index < -0.39 is 0 Å². The number of rotatable bonds is 6. The molecular formula is C22H25N5O2S. The Balaban J connectivity index is 1.40. The summed E-state index contributed by atoms with van der Waals surface area (Å²) in [7, 11) is 2.15. The zero-order valence-corrected chi connectivity index (χ0v) is 18.0. The fourth-order valence-electron chi connectivity index (χ4n) is 3.34. The molecule has 1 saturated heterocycles. The summed E-state index contributed by atoms with van der Waals surface area (Å²) in [5.41, 5.74) is 2.60. The lowest BCUT2D eigenvalue weighted by Crippen LogP contribution is -2.44. The molecule has 8 heteroatoms. The van der Waals surface area contributed by atoms with Crippen LogP contribution in [0.1, 0.15) is 22.1 Å². The Labute approximate surface area is 180 Å². The zero-order chi connectivity index (χ0) is 20.9. The first-order valence-corrected chi connectivity index (χ1v) is 10.9. The van der Waals surface area contributed by atoms with E-state index in [4.69, 9.17) is 4.52 Å². The van der Waals surface area contributed by atoms with Gasteiger partial charge in [0.15, 0.2) is 5.82 Å². The maximum absolute atomic E-state index is 12.9. The molecule has 0 saturated carbocycles. The number of aromatic nitrogens is 2. The molecule has 0 radical (unpaired) electrons. The van der Waals surface area contributed by atoms with Crippen molar-refractivity contribution in [1.82, 2.24) is 15.0 Å². The third kappa shape index (κ3) is 5.01. The van der Waals surface area contributed by atoms with Gasteiger partial charge in [0.1, 0.15) is 0 Å². The number of nitrogens with zero attached hydrogens (tertiary/aromatic N) is 4. The molecule has 1 aliphatic heterocycles. The molecule has 1 fully saturated rings. The van der Waals surface area contributed by atoms with Crippen LogP contribution in [0.25, 0.3) is 0 Å². The van der Waals surface area contributed by atoms with Gasteiger partial charge in [0.2, 0.25) is 5.89 Å². The number of hydrogen-bond donors (Lipinski definition) is 1. The van der Waals surface area contributed by atoms with Gasteiger partial charge >= 0.3 is 0 Å². The minimum absolute atomic E-state index is 0.132. The van der Waals surface area contributed by atoms with Crippen molar-refractivity contribution >= 4 is 29.0 Å². The Kier molecular flexibility index (Phi) is 6.35. The van der Waals surface area contributed by atoms with Gasteiger partial charge in [-0.3, -0.25) is 4.79 Å². The second-order valence-corrected chi connectivity index (χ2v) is 8.33. The molecular weight excluding hydrogens is 398 g/mol. The number of hydrogen-bond acceptors (Lipinski definition) is 7. The van der Waals surface area contributed by atoms with Crippen molar-refractivity contribution in [2.75, 3.05) is 43.4 Å². The molecule has 1 amide bonds. The minimum atomic E-state index is -0.132. The molecule has 7 nitrogen and oxygen atoms in total. The number of thioether (sulfide) groups is 1. The van der Waals surface area contributed by atoms with E-state index in [0.717, 1.165) is 36.8 Å². The highest BCUT2D eigenvalue weighted by molar-refractivity contribution is 7.98. The van der Waals surface area contributed by atoms with Gasteiger partial charge in [-0.15, -0.1) is 11.8 Å². The molecule has 0 unspecified atom stereocenters. The summed E-state index contributed by atoms with van der Waals surface area (Å²) in [5, 5.41) is 6.81. The molecule has 1 aromatic heterocycles. The molecule has 2 heterocycles. The van der Waals surface area contributed by atoms with Gasteiger partial charge in [0.25, 0.3) is 5.91 Å². The Morgan fingerprint density at radius 1 is 1.10 bits per heavy atom. The lowest BCUT2D eigenvalue weighted by molar-refractivity contribution is 0.102. The first kappa shape index (κ1) is 20.4.